The van der Waals surface area contributed by atoms with Crippen molar-refractivity contribution in [3.8, 4) is 0 Å². The Morgan fingerprint density at radius 3 is 3.24 bits per heavy atom. The number of fused-ring (bicyclic) bond motifs is 1. The van der Waals surface area contributed by atoms with Gasteiger partial charge >= 0.3 is 0 Å². The van der Waals surface area contributed by atoms with Crippen molar-refractivity contribution in [2.45, 2.75) is 13.0 Å². The first-order valence-electron chi connectivity index (χ1n) is 5.54. The molecule has 0 unspecified atom stereocenters. The van der Waals surface area contributed by atoms with E-state index in [1.807, 2.05) is 16.7 Å². The van der Waals surface area contributed by atoms with Crippen LogP contribution in [0.1, 0.15) is 6.42 Å². The molecule has 2 aromatic rings. The van der Waals surface area contributed by atoms with Crippen molar-refractivity contribution >= 4 is 23.3 Å². The molecule has 90 valence electrons. The molecular weight excluding hydrogens is 234 g/mol. The van der Waals surface area contributed by atoms with E-state index in [1.165, 1.54) is 0 Å². The van der Waals surface area contributed by atoms with E-state index in [2.05, 4.69) is 16.5 Å². The molecule has 0 fully saturated rings. The van der Waals surface area contributed by atoms with E-state index in [4.69, 9.17) is 17.0 Å². The molecule has 0 saturated heterocycles. The van der Waals surface area contributed by atoms with Crippen LogP contribution in [-0.4, -0.2) is 27.7 Å². The summed E-state index contributed by atoms with van der Waals surface area (Å²) in [7, 11) is 0. The molecule has 0 saturated carbocycles. The van der Waals surface area contributed by atoms with Gasteiger partial charge < -0.3 is 14.3 Å². The highest BCUT2D eigenvalue weighted by molar-refractivity contribution is 7.71. The molecule has 0 spiro atoms. The maximum Gasteiger partial charge on any atom is 0.178 e. The van der Waals surface area contributed by atoms with Crippen molar-refractivity contribution in [2.24, 2.45) is 0 Å². The molecule has 0 radical (unpaired) electrons. The van der Waals surface area contributed by atoms with Crippen LogP contribution in [0.15, 0.2) is 31.1 Å². The Morgan fingerprint density at radius 1 is 1.53 bits per heavy atom. The minimum Gasteiger partial charge on any atom is -0.379 e. The van der Waals surface area contributed by atoms with Gasteiger partial charge in [-0.1, -0.05) is 6.08 Å². The number of H-pyrrole nitrogens is 1. The van der Waals surface area contributed by atoms with Gasteiger partial charge in [-0.2, -0.15) is 0 Å². The molecule has 2 aromatic heterocycles. The molecule has 0 atom stereocenters. The van der Waals surface area contributed by atoms with Crippen LogP contribution in [0.25, 0.3) is 11.0 Å². The molecule has 4 nitrogen and oxygen atoms in total. The van der Waals surface area contributed by atoms with Crippen LogP contribution in [0.4, 0.5) is 0 Å². The number of nitrogens with one attached hydrogen (secondary N) is 1. The number of aromatic nitrogens is 3. The number of hydrogen-bond donors (Lipinski definition) is 1. The molecule has 0 bridgehead atoms. The fourth-order valence-electron chi connectivity index (χ4n) is 1.66. The predicted molar refractivity (Wildman–Crippen MR) is 70.6 cm³/mol. The van der Waals surface area contributed by atoms with Gasteiger partial charge in [0.2, 0.25) is 0 Å². The van der Waals surface area contributed by atoms with Crippen molar-refractivity contribution < 1.29 is 4.74 Å². The highest BCUT2D eigenvalue weighted by Crippen LogP contribution is 2.11. The molecule has 17 heavy (non-hydrogen) atoms. The third-order valence-electron chi connectivity index (χ3n) is 2.50. The second kappa shape index (κ2) is 5.75. The molecule has 5 heteroatoms. The van der Waals surface area contributed by atoms with Crippen LogP contribution in [-0.2, 0) is 11.3 Å². The third kappa shape index (κ3) is 2.81. The Hall–Kier alpha value is -1.46. The van der Waals surface area contributed by atoms with Gasteiger partial charge in [-0.3, -0.25) is 4.98 Å². The van der Waals surface area contributed by atoms with Crippen LogP contribution in [0.5, 0.6) is 0 Å². The number of hydrogen-bond acceptors (Lipinski definition) is 3. The molecule has 0 aliphatic rings. The highest BCUT2D eigenvalue weighted by atomic mass is 32.1. The van der Waals surface area contributed by atoms with Crippen molar-refractivity contribution in [3.63, 3.8) is 0 Å². The van der Waals surface area contributed by atoms with Crippen molar-refractivity contribution in [2.75, 3.05) is 13.2 Å². The molecule has 2 rings (SSSR count). The molecular formula is C12H15N3OS. The first-order chi connectivity index (χ1) is 8.33. The minimum atomic E-state index is 0.650. The van der Waals surface area contributed by atoms with Crippen molar-refractivity contribution in [3.05, 3.63) is 35.9 Å². The summed E-state index contributed by atoms with van der Waals surface area (Å²) in [6.45, 7) is 5.76. The lowest BCUT2D eigenvalue weighted by molar-refractivity contribution is 0.131. The summed E-state index contributed by atoms with van der Waals surface area (Å²) < 4.78 is 8.22. The quantitative estimate of drug-likeness (QED) is 0.486. The van der Waals surface area contributed by atoms with E-state index in [0.717, 1.165) is 24.0 Å². The van der Waals surface area contributed by atoms with E-state index in [0.29, 0.717) is 18.0 Å². The van der Waals surface area contributed by atoms with E-state index in [9.17, 15) is 0 Å². The van der Waals surface area contributed by atoms with Crippen LogP contribution >= 0.6 is 12.2 Å². The molecule has 1 N–H and O–H groups in total. The van der Waals surface area contributed by atoms with E-state index in [1.54, 1.807) is 12.4 Å². The first kappa shape index (κ1) is 12.0. The van der Waals surface area contributed by atoms with Crippen LogP contribution in [0, 0.1) is 4.77 Å². The van der Waals surface area contributed by atoms with E-state index < -0.39 is 0 Å². The van der Waals surface area contributed by atoms with Gasteiger partial charge in [0.25, 0.3) is 0 Å². The Morgan fingerprint density at radius 2 is 2.41 bits per heavy atom. The van der Waals surface area contributed by atoms with Gasteiger partial charge in [-0.15, -0.1) is 6.58 Å². The minimum absolute atomic E-state index is 0.650. The Kier molecular flexibility index (Phi) is 4.06. The summed E-state index contributed by atoms with van der Waals surface area (Å²) in [4.78, 5) is 7.18. The lowest BCUT2D eigenvalue weighted by Gasteiger charge is -2.05. The number of pyridine rings is 1. The first-order valence-corrected chi connectivity index (χ1v) is 5.95. The van der Waals surface area contributed by atoms with Crippen LogP contribution < -0.4 is 0 Å². The zero-order valence-corrected chi connectivity index (χ0v) is 10.4. The Bertz CT molecular complexity index is 558. The van der Waals surface area contributed by atoms with Gasteiger partial charge in [-0.05, 0) is 24.7 Å². The molecule has 2 heterocycles. The smallest absolute Gasteiger partial charge is 0.178 e. The Balaban J connectivity index is 2.05. The summed E-state index contributed by atoms with van der Waals surface area (Å²) >= 11 is 5.26. The lowest BCUT2D eigenvalue weighted by Crippen LogP contribution is -2.06. The predicted octanol–water partition coefficient (Wildman–Crippen LogP) is 2.69. The lowest BCUT2D eigenvalue weighted by atomic mass is 10.4. The van der Waals surface area contributed by atoms with Crippen LogP contribution in [0.2, 0.25) is 0 Å². The zero-order chi connectivity index (χ0) is 12.1. The summed E-state index contributed by atoms with van der Waals surface area (Å²) in [6, 6.07) is 1.95. The monoisotopic (exact) mass is 249 g/mol. The van der Waals surface area contributed by atoms with E-state index >= 15 is 0 Å². The van der Waals surface area contributed by atoms with Gasteiger partial charge in [0.15, 0.2) is 4.77 Å². The summed E-state index contributed by atoms with van der Waals surface area (Å²) in [6.07, 6.45) is 6.27. The Labute approximate surface area is 105 Å². The van der Waals surface area contributed by atoms with Gasteiger partial charge in [0.05, 0.1) is 30.4 Å². The van der Waals surface area contributed by atoms with Crippen LogP contribution in [0.3, 0.4) is 0 Å². The zero-order valence-electron chi connectivity index (χ0n) is 9.56. The fraction of sp³-hybridized carbons (Fsp3) is 0.333. The molecule has 0 aliphatic carbocycles. The fourth-order valence-corrected chi connectivity index (χ4v) is 1.96. The molecule has 0 amide bonds. The van der Waals surface area contributed by atoms with Gasteiger partial charge in [0.1, 0.15) is 0 Å². The van der Waals surface area contributed by atoms with Gasteiger partial charge in [-0.25, -0.2) is 0 Å². The second-order valence-corrected chi connectivity index (χ2v) is 4.05. The molecule has 0 aliphatic heterocycles. The molecule has 0 aromatic carbocycles. The largest absolute Gasteiger partial charge is 0.379 e. The maximum atomic E-state index is 5.48. The summed E-state index contributed by atoms with van der Waals surface area (Å²) in [5.41, 5.74) is 2.03. The van der Waals surface area contributed by atoms with E-state index in [-0.39, 0.29) is 0 Å². The van der Waals surface area contributed by atoms with Gasteiger partial charge in [0, 0.05) is 12.7 Å². The normalized spacial score (nSPS) is 10.8. The number of ether oxygens (including phenoxy) is 1. The SMILES string of the molecule is C=CCCOCCn1c(=S)[nH]c2cnccc21. The third-order valence-corrected chi connectivity index (χ3v) is 2.82. The number of rotatable bonds is 6. The number of imidazole rings is 1. The average Bonchev–Trinajstić information content (AvgIpc) is 2.65. The average molecular weight is 249 g/mol. The maximum absolute atomic E-state index is 5.48. The number of nitrogens with zero attached hydrogens (tertiary/aromatic N) is 2. The second-order valence-electron chi connectivity index (χ2n) is 3.66. The topological polar surface area (TPSA) is 42.8 Å². The van der Waals surface area contributed by atoms with Crippen molar-refractivity contribution in [1.82, 2.24) is 14.5 Å². The standard InChI is InChI=1S/C12H15N3OS/c1-2-3-7-16-8-6-15-11-4-5-13-9-10(11)14-12(15)17/h2,4-5,9H,1,3,6-8H2,(H,14,17). The van der Waals surface area contributed by atoms with Crippen molar-refractivity contribution in [1.29, 1.82) is 0 Å². The summed E-state index contributed by atoms with van der Waals surface area (Å²) in [5, 5.41) is 0. The summed E-state index contributed by atoms with van der Waals surface area (Å²) in [5.74, 6) is 0. The highest BCUT2D eigenvalue weighted by Gasteiger charge is 2.03. The number of aromatic amines is 1.